The minimum atomic E-state index is 0.104. The Morgan fingerprint density at radius 2 is 2.25 bits per heavy atom. The van der Waals surface area contributed by atoms with Crippen LogP contribution in [0.5, 0.6) is 0 Å². The predicted octanol–water partition coefficient (Wildman–Crippen LogP) is 1.92. The highest BCUT2D eigenvalue weighted by atomic mass is 16.3. The summed E-state index contributed by atoms with van der Waals surface area (Å²) < 4.78 is 0. The molecule has 0 radical (unpaired) electrons. The zero-order valence-electron chi connectivity index (χ0n) is 7.45. The van der Waals surface area contributed by atoms with Crippen LogP contribution < -0.4 is 0 Å². The highest BCUT2D eigenvalue weighted by Crippen LogP contribution is 2.10. The van der Waals surface area contributed by atoms with Gasteiger partial charge in [0.2, 0.25) is 0 Å². The van der Waals surface area contributed by atoms with Gasteiger partial charge in [-0.15, -0.1) is 0 Å². The molecule has 0 aliphatic carbocycles. The first-order valence-corrected chi connectivity index (χ1v) is 4.41. The van der Waals surface area contributed by atoms with E-state index in [2.05, 4.69) is 11.9 Å². The number of aryl methyl sites for hydroxylation is 1. The standard InChI is InChI=1S/C10H15NO/c1-2-3-4-9-5-6-11-7-10(9)8-12/h5-7,12H,2-4,8H2,1H3. The summed E-state index contributed by atoms with van der Waals surface area (Å²) >= 11 is 0. The minimum absolute atomic E-state index is 0.104. The Morgan fingerprint density at radius 1 is 1.42 bits per heavy atom. The number of aliphatic hydroxyl groups is 1. The number of unbranched alkanes of at least 4 members (excludes halogenated alkanes) is 1. The first-order valence-electron chi connectivity index (χ1n) is 4.41. The number of aliphatic hydroxyl groups excluding tert-OH is 1. The van der Waals surface area contributed by atoms with Crippen molar-refractivity contribution in [2.75, 3.05) is 0 Å². The third-order valence-corrected chi connectivity index (χ3v) is 1.97. The molecule has 0 aliphatic rings. The fourth-order valence-corrected chi connectivity index (χ4v) is 1.21. The van der Waals surface area contributed by atoms with Gasteiger partial charge in [0, 0.05) is 12.4 Å². The van der Waals surface area contributed by atoms with Gasteiger partial charge in [0.1, 0.15) is 0 Å². The lowest BCUT2D eigenvalue weighted by Gasteiger charge is -2.04. The fraction of sp³-hybridized carbons (Fsp3) is 0.500. The second-order valence-corrected chi connectivity index (χ2v) is 2.91. The first kappa shape index (κ1) is 9.20. The molecule has 0 aliphatic heterocycles. The maximum Gasteiger partial charge on any atom is 0.0699 e. The molecule has 2 heteroatoms. The normalized spacial score (nSPS) is 10.2. The Morgan fingerprint density at radius 3 is 2.92 bits per heavy atom. The monoisotopic (exact) mass is 165 g/mol. The Balaban J connectivity index is 2.68. The summed E-state index contributed by atoms with van der Waals surface area (Å²) in [6.07, 6.45) is 6.94. The maximum absolute atomic E-state index is 8.98. The van der Waals surface area contributed by atoms with Gasteiger partial charge >= 0.3 is 0 Å². The van der Waals surface area contributed by atoms with Crippen molar-refractivity contribution in [1.82, 2.24) is 4.98 Å². The van der Waals surface area contributed by atoms with E-state index in [9.17, 15) is 0 Å². The topological polar surface area (TPSA) is 33.1 Å². The number of hydrogen-bond donors (Lipinski definition) is 1. The van der Waals surface area contributed by atoms with Crippen LogP contribution in [0.2, 0.25) is 0 Å². The van der Waals surface area contributed by atoms with Crippen molar-refractivity contribution in [3.63, 3.8) is 0 Å². The van der Waals surface area contributed by atoms with Crippen molar-refractivity contribution >= 4 is 0 Å². The molecule has 0 saturated heterocycles. The average Bonchev–Trinajstić information content (AvgIpc) is 2.15. The molecule has 0 amide bonds. The number of rotatable bonds is 4. The molecule has 0 unspecified atom stereocenters. The minimum Gasteiger partial charge on any atom is -0.392 e. The van der Waals surface area contributed by atoms with E-state index in [-0.39, 0.29) is 6.61 Å². The summed E-state index contributed by atoms with van der Waals surface area (Å²) in [5.74, 6) is 0. The van der Waals surface area contributed by atoms with Crippen molar-refractivity contribution in [3.05, 3.63) is 29.6 Å². The molecular formula is C10H15NO. The van der Waals surface area contributed by atoms with Crippen molar-refractivity contribution in [2.24, 2.45) is 0 Å². The van der Waals surface area contributed by atoms with E-state index < -0.39 is 0 Å². The fourth-order valence-electron chi connectivity index (χ4n) is 1.21. The van der Waals surface area contributed by atoms with Gasteiger partial charge in [-0.2, -0.15) is 0 Å². The van der Waals surface area contributed by atoms with Gasteiger partial charge < -0.3 is 5.11 Å². The van der Waals surface area contributed by atoms with Crippen LogP contribution in [0.15, 0.2) is 18.5 Å². The van der Waals surface area contributed by atoms with Gasteiger partial charge in [0.15, 0.2) is 0 Å². The van der Waals surface area contributed by atoms with E-state index in [0.29, 0.717) is 0 Å². The summed E-state index contributed by atoms with van der Waals surface area (Å²) in [5, 5.41) is 8.98. The smallest absolute Gasteiger partial charge is 0.0699 e. The van der Waals surface area contributed by atoms with E-state index in [1.807, 2.05) is 6.07 Å². The lowest BCUT2D eigenvalue weighted by atomic mass is 10.1. The number of pyridine rings is 1. The van der Waals surface area contributed by atoms with Gasteiger partial charge in [-0.25, -0.2) is 0 Å². The molecule has 1 aromatic rings. The Labute approximate surface area is 73.3 Å². The Kier molecular flexibility index (Phi) is 3.74. The van der Waals surface area contributed by atoms with Gasteiger partial charge in [0.25, 0.3) is 0 Å². The summed E-state index contributed by atoms with van der Waals surface area (Å²) in [6.45, 7) is 2.27. The zero-order chi connectivity index (χ0) is 8.81. The third-order valence-electron chi connectivity index (χ3n) is 1.97. The summed E-state index contributed by atoms with van der Waals surface area (Å²) in [4.78, 5) is 3.96. The Hall–Kier alpha value is -0.890. The van der Waals surface area contributed by atoms with Crippen LogP contribution in [0, 0.1) is 0 Å². The SMILES string of the molecule is CCCCc1ccncc1CO. The number of nitrogens with zero attached hydrogens (tertiary/aromatic N) is 1. The second kappa shape index (κ2) is 4.88. The molecule has 0 atom stereocenters. The van der Waals surface area contributed by atoms with Gasteiger partial charge in [0.05, 0.1) is 6.61 Å². The second-order valence-electron chi connectivity index (χ2n) is 2.91. The van der Waals surface area contributed by atoms with Crippen molar-refractivity contribution < 1.29 is 5.11 Å². The van der Waals surface area contributed by atoms with E-state index in [1.165, 1.54) is 18.4 Å². The van der Waals surface area contributed by atoms with Gasteiger partial charge in [-0.05, 0) is 30.0 Å². The molecule has 1 heterocycles. The van der Waals surface area contributed by atoms with Gasteiger partial charge in [-0.1, -0.05) is 13.3 Å². The molecular weight excluding hydrogens is 150 g/mol. The van der Waals surface area contributed by atoms with Crippen LogP contribution in [0.4, 0.5) is 0 Å². The van der Waals surface area contributed by atoms with Crippen LogP contribution in [0.25, 0.3) is 0 Å². The van der Waals surface area contributed by atoms with Crippen LogP contribution in [-0.2, 0) is 13.0 Å². The molecule has 0 fully saturated rings. The van der Waals surface area contributed by atoms with E-state index in [1.54, 1.807) is 12.4 Å². The molecule has 1 N–H and O–H groups in total. The first-order chi connectivity index (χ1) is 5.88. The highest BCUT2D eigenvalue weighted by Gasteiger charge is 1.99. The summed E-state index contributed by atoms with van der Waals surface area (Å²) in [6, 6.07) is 1.99. The van der Waals surface area contributed by atoms with Crippen molar-refractivity contribution in [3.8, 4) is 0 Å². The van der Waals surface area contributed by atoms with Gasteiger partial charge in [-0.3, -0.25) is 4.98 Å². The van der Waals surface area contributed by atoms with E-state index in [0.717, 1.165) is 12.0 Å². The highest BCUT2D eigenvalue weighted by molar-refractivity contribution is 5.22. The summed E-state index contributed by atoms with van der Waals surface area (Å²) in [5.41, 5.74) is 2.19. The molecule has 0 aromatic carbocycles. The largest absolute Gasteiger partial charge is 0.392 e. The zero-order valence-corrected chi connectivity index (χ0v) is 7.45. The van der Waals surface area contributed by atoms with E-state index in [4.69, 9.17) is 5.11 Å². The molecule has 12 heavy (non-hydrogen) atoms. The van der Waals surface area contributed by atoms with Crippen LogP contribution in [0.1, 0.15) is 30.9 Å². The van der Waals surface area contributed by atoms with E-state index >= 15 is 0 Å². The molecule has 2 nitrogen and oxygen atoms in total. The van der Waals surface area contributed by atoms with Crippen LogP contribution >= 0.6 is 0 Å². The molecule has 0 bridgehead atoms. The Bertz CT molecular complexity index is 235. The predicted molar refractivity (Wildman–Crippen MR) is 48.8 cm³/mol. The average molecular weight is 165 g/mol. The van der Waals surface area contributed by atoms with Crippen LogP contribution in [-0.4, -0.2) is 10.1 Å². The molecule has 66 valence electrons. The lowest BCUT2D eigenvalue weighted by Crippen LogP contribution is -1.94. The third kappa shape index (κ3) is 2.31. The lowest BCUT2D eigenvalue weighted by molar-refractivity contribution is 0.280. The maximum atomic E-state index is 8.98. The molecule has 1 rings (SSSR count). The quantitative estimate of drug-likeness (QED) is 0.739. The molecule has 1 aromatic heterocycles. The van der Waals surface area contributed by atoms with Crippen molar-refractivity contribution in [2.45, 2.75) is 32.8 Å². The summed E-state index contributed by atoms with van der Waals surface area (Å²) in [7, 11) is 0. The molecule has 0 saturated carbocycles. The van der Waals surface area contributed by atoms with Crippen molar-refractivity contribution in [1.29, 1.82) is 0 Å². The number of hydrogen-bond acceptors (Lipinski definition) is 2. The van der Waals surface area contributed by atoms with Crippen LogP contribution in [0.3, 0.4) is 0 Å². The number of aromatic nitrogens is 1. The molecule has 0 spiro atoms.